The number of benzene rings is 8. The minimum atomic E-state index is 0.869. The predicted octanol–water partition coefficient (Wildman–Crippen LogP) is 12.7. The van der Waals surface area contributed by atoms with E-state index in [0.29, 0.717) is 0 Å². The first-order chi connectivity index (χ1) is 22.8. The van der Waals surface area contributed by atoms with E-state index in [2.05, 4.69) is 181 Å². The van der Waals surface area contributed by atoms with Crippen molar-refractivity contribution in [2.24, 2.45) is 0 Å². The molecular formula is C44H29NO. The summed E-state index contributed by atoms with van der Waals surface area (Å²) in [5, 5.41) is 6.98. The van der Waals surface area contributed by atoms with E-state index >= 15 is 0 Å². The summed E-state index contributed by atoms with van der Waals surface area (Å²) in [5.41, 5.74) is 9.65. The van der Waals surface area contributed by atoms with Crippen LogP contribution in [0.3, 0.4) is 0 Å². The lowest BCUT2D eigenvalue weighted by molar-refractivity contribution is 0.669. The van der Waals surface area contributed by atoms with Crippen LogP contribution >= 0.6 is 0 Å². The molecule has 0 aliphatic heterocycles. The van der Waals surface area contributed by atoms with Crippen molar-refractivity contribution in [3.63, 3.8) is 0 Å². The van der Waals surface area contributed by atoms with Gasteiger partial charge in [-0.15, -0.1) is 0 Å². The Bertz CT molecular complexity index is 2510. The molecular weight excluding hydrogens is 558 g/mol. The van der Waals surface area contributed by atoms with Gasteiger partial charge in [-0.05, 0) is 92.3 Å². The minimum absolute atomic E-state index is 0.869. The van der Waals surface area contributed by atoms with Crippen LogP contribution in [-0.4, -0.2) is 0 Å². The van der Waals surface area contributed by atoms with E-state index in [1.165, 1.54) is 32.7 Å². The highest BCUT2D eigenvalue weighted by Gasteiger charge is 2.22. The Morgan fingerprint density at radius 2 is 0.891 bits per heavy atom. The SMILES string of the molecule is c1ccc(-c2ccc(N(c3ccc4ccccc4c3)c3cc(-c4ccccc4)cc4oc5cc6ccccc6cc5c34)cc2)cc1. The van der Waals surface area contributed by atoms with E-state index in [9.17, 15) is 0 Å². The molecule has 216 valence electrons. The Morgan fingerprint density at radius 3 is 1.59 bits per heavy atom. The number of nitrogens with zero attached hydrogens (tertiary/aromatic N) is 1. The summed E-state index contributed by atoms with van der Waals surface area (Å²) in [6.07, 6.45) is 0. The molecule has 1 heterocycles. The summed E-state index contributed by atoms with van der Waals surface area (Å²) in [5.74, 6) is 0. The number of rotatable bonds is 5. The van der Waals surface area contributed by atoms with Crippen LogP contribution in [0.2, 0.25) is 0 Å². The first kappa shape index (κ1) is 26.3. The average molecular weight is 588 g/mol. The molecule has 9 rings (SSSR count). The van der Waals surface area contributed by atoms with Crippen LogP contribution in [0.4, 0.5) is 17.1 Å². The highest BCUT2D eigenvalue weighted by molar-refractivity contribution is 6.17. The third-order valence-electron chi connectivity index (χ3n) is 8.99. The predicted molar refractivity (Wildman–Crippen MR) is 194 cm³/mol. The molecule has 2 nitrogen and oxygen atoms in total. The van der Waals surface area contributed by atoms with Gasteiger partial charge in [0.25, 0.3) is 0 Å². The number of hydrogen-bond acceptors (Lipinski definition) is 2. The van der Waals surface area contributed by atoms with E-state index < -0.39 is 0 Å². The van der Waals surface area contributed by atoms with Gasteiger partial charge in [0.05, 0.1) is 11.1 Å². The lowest BCUT2D eigenvalue weighted by Gasteiger charge is -2.27. The van der Waals surface area contributed by atoms with Crippen LogP contribution < -0.4 is 4.90 Å². The van der Waals surface area contributed by atoms with Gasteiger partial charge < -0.3 is 9.32 Å². The zero-order chi connectivity index (χ0) is 30.5. The second kappa shape index (κ2) is 10.8. The fraction of sp³-hybridized carbons (Fsp3) is 0. The maximum absolute atomic E-state index is 6.71. The molecule has 0 N–H and O–H groups in total. The second-order valence-corrected chi connectivity index (χ2v) is 11.8. The van der Waals surface area contributed by atoms with Crippen molar-refractivity contribution < 1.29 is 4.42 Å². The molecule has 1 aromatic heterocycles. The van der Waals surface area contributed by atoms with Crippen molar-refractivity contribution in [3.05, 3.63) is 176 Å². The second-order valence-electron chi connectivity index (χ2n) is 11.8. The van der Waals surface area contributed by atoms with E-state index in [-0.39, 0.29) is 0 Å². The third kappa shape index (κ3) is 4.51. The topological polar surface area (TPSA) is 16.4 Å². The maximum Gasteiger partial charge on any atom is 0.138 e. The summed E-state index contributed by atoms with van der Waals surface area (Å²) in [7, 11) is 0. The molecule has 0 atom stereocenters. The zero-order valence-corrected chi connectivity index (χ0v) is 25.1. The molecule has 0 amide bonds. The zero-order valence-electron chi connectivity index (χ0n) is 25.1. The first-order valence-corrected chi connectivity index (χ1v) is 15.7. The van der Waals surface area contributed by atoms with Crippen LogP contribution in [0.15, 0.2) is 180 Å². The summed E-state index contributed by atoms with van der Waals surface area (Å²) >= 11 is 0. The van der Waals surface area contributed by atoms with Crippen LogP contribution in [0.25, 0.3) is 65.7 Å². The molecule has 0 spiro atoms. The Kier molecular flexibility index (Phi) is 6.17. The molecule has 9 aromatic rings. The molecule has 0 unspecified atom stereocenters. The van der Waals surface area contributed by atoms with Crippen LogP contribution in [0, 0.1) is 0 Å². The van der Waals surface area contributed by atoms with Crippen LogP contribution in [-0.2, 0) is 0 Å². The van der Waals surface area contributed by atoms with Crippen molar-refractivity contribution in [3.8, 4) is 22.3 Å². The van der Waals surface area contributed by atoms with Gasteiger partial charge in [-0.1, -0.05) is 127 Å². The molecule has 0 bridgehead atoms. The average Bonchev–Trinajstić information content (AvgIpc) is 3.49. The number of furan rings is 1. The molecule has 0 saturated carbocycles. The summed E-state index contributed by atoms with van der Waals surface area (Å²) in [4.78, 5) is 2.39. The first-order valence-electron chi connectivity index (χ1n) is 15.7. The van der Waals surface area contributed by atoms with Gasteiger partial charge in [0.1, 0.15) is 11.2 Å². The van der Waals surface area contributed by atoms with Crippen molar-refractivity contribution in [2.45, 2.75) is 0 Å². The maximum atomic E-state index is 6.71. The summed E-state index contributed by atoms with van der Waals surface area (Å²) < 4.78 is 6.71. The largest absolute Gasteiger partial charge is 0.456 e. The number of hydrogen-bond donors (Lipinski definition) is 0. The lowest BCUT2D eigenvalue weighted by atomic mass is 9.99. The molecule has 8 aromatic carbocycles. The smallest absolute Gasteiger partial charge is 0.138 e. The fourth-order valence-electron chi connectivity index (χ4n) is 6.72. The highest BCUT2D eigenvalue weighted by atomic mass is 16.3. The van der Waals surface area contributed by atoms with Gasteiger partial charge >= 0.3 is 0 Å². The van der Waals surface area contributed by atoms with Crippen molar-refractivity contribution in [1.82, 2.24) is 0 Å². The van der Waals surface area contributed by atoms with Gasteiger partial charge in [-0.25, -0.2) is 0 Å². The molecule has 0 aliphatic rings. The third-order valence-corrected chi connectivity index (χ3v) is 8.99. The van der Waals surface area contributed by atoms with Gasteiger partial charge in [-0.3, -0.25) is 0 Å². The van der Waals surface area contributed by atoms with Gasteiger partial charge in [-0.2, -0.15) is 0 Å². The van der Waals surface area contributed by atoms with Gasteiger partial charge in [0.2, 0.25) is 0 Å². The molecule has 0 radical (unpaired) electrons. The molecule has 0 saturated heterocycles. The Balaban J connectivity index is 1.35. The molecule has 0 fully saturated rings. The molecule has 2 heteroatoms. The van der Waals surface area contributed by atoms with Gasteiger partial charge in [0, 0.05) is 16.8 Å². The molecule has 0 aliphatic carbocycles. The Morgan fingerprint density at radius 1 is 0.348 bits per heavy atom. The quantitative estimate of drug-likeness (QED) is 0.199. The Hall–Kier alpha value is -6.12. The van der Waals surface area contributed by atoms with E-state index in [0.717, 1.165) is 50.1 Å². The number of fused-ring (bicyclic) bond motifs is 5. The summed E-state index contributed by atoms with van der Waals surface area (Å²) in [6, 6.07) is 62.8. The molecule has 46 heavy (non-hydrogen) atoms. The van der Waals surface area contributed by atoms with E-state index in [1.807, 2.05) is 0 Å². The Labute approximate surface area is 267 Å². The van der Waals surface area contributed by atoms with Crippen LogP contribution in [0.5, 0.6) is 0 Å². The van der Waals surface area contributed by atoms with Crippen molar-refractivity contribution in [1.29, 1.82) is 0 Å². The fourth-order valence-corrected chi connectivity index (χ4v) is 6.72. The summed E-state index contributed by atoms with van der Waals surface area (Å²) in [6.45, 7) is 0. The highest BCUT2D eigenvalue weighted by Crippen LogP contribution is 2.46. The standard InChI is InChI=1S/C44H29NO/c1-3-11-30(12-4-1)33-19-22-38(23-20-33)45(39-24-21-32-15-7-8-16-34(32)25-39)41-27-37(31-13-5-2-6-14-31)29-43-44(41)40-26-35-17-9-10-18-36(35)28-42(40)46-43/h1-29H. The monoisotopic (exact) mass is 587 g/mol. The van der Waals surface area contributed by atoms with Crippen molar-refractivity contribution in [2.75, 3.05) is 4.90 Å². The van der Waals surface area contributed by atoms with Crippen LogP contribution in [0.1, 0.15) is 0 Å². The normalized spacial score (nSPS) is 11.5. The lowest BCUT2D eigenvalue weighted by Crippen LogP contribution is -2.10. The van der Waals surface area contributed by atoms with Crippen molar-refractivity contribution >= 4 is 60.5 Å². The van der Waals surface area contributed by atoms with E-state index in [1.54, 1.807) is 0 Å². The minimum Gasteiger partial charge on any atom is -0.456 e. The van der Waals surface area contributed by atoms with Gasteiger partial charge in [0.15, 0.2) is 0 Å². The number of anilines is 3. The van der Waals surface area contributed by atoms with E-state index in [4.69, 9.17) is 4.42 Å².